The first kappa shape index (κ1) is 12.3. The molecule has 14 heavy (non-hydrogen) atoms. The molecule has 1 aliphatic heterocycles. The molecule has 0 aromatic heterocycles. The minimum absolute atomic E-state index is 0.0774. The minimum Gasteiger partial charge on any atom is -0.229 e. The number of halogens is 1. The van der Waals surface area contributed by atoms with Crippen molar-refractivity contribution in [1.29, 1.82) is 0 Å². The summed E-state index contributed by atoms with van der Waals surface area (Å²) >= 11 is 0. The molecule has 1 heterocycles. The Morgan fingerprint density at radius 1 is 1.43 bits per heavy atom. The van der Waals surface area contributed by atoms with E-state index in [1.807, 2.05) is 0 Å². The first-order valence-electron chi connectivity index (χ1n) is 4.25. The van der Waals surface area contributed by atoms with Gasteiger partial charge in [-0.25, -0.2) is 16.8 Å². The largest absolute Gasteiger partial charge is 0.233 e. The summed E-state index contributed by atoms with van der Waals surface area (Å²) in [5.74, 6) is -0.183. The second kappa shape index (κ2) is 3.64. The van der Waals surface area contributed by atoms with E-state index in [9.17, 15) is 16.8 Å². The molecule has 0 amide bonds. The fraction of sp³-hybridized carbons (Fsp3) is 1.00. The summed E-state index contributed by atoms with van der Waals surface area (Å²) in [6, 6.07) is 0. The maximum absolute atomic E-state index is 11.3. The van der Waals surface area contributed by atoms with Gasteiger partial charge >= 0.3 is 0 Å². The van der Waals surface area contributed by atoms with E-state index in [1.165, 1.54) is 0 Å². The Bertz CT molecular complexity index is 407. The predicted octanol–water partition coefficient (Wildman–Crippen LogP) is 0.770. The lowest BCUT2D eigenvalue weighted by atomic mass is 9.90. The van der Waals surface area contributed by atoms with Gasteiger partial charge in [-0.3, -0.25) is 0 Å². The third-order valence-electron chi connectivity index (χ3n) is 2.32. The highest BCUT2D eigenvalue weighted by Gasteiger charge is 2.38. The molecular formula is C7H13ClO4S2. The van der Waals surface area contributed by atoms with Gasteiger partial charge in [-0.2, -0.15) is 0 Å². The van der Waals surface area contributed by atoms with Gasteiger partial charge in [0.25, 0.3) is 0 Å². The molecule has 0 spiro atoms. The van der Waals surface area contributed by atoms with Gasteiger partial charge in [0, 0.05) is 10.7 Å². The third-order valence-corrected chi connectivity index (χ3v) is 5.74. The molecule has 7 heteroatoms. The summed E-state index contributed by atoms with van der Waals surface area (Å²) < 4.78 is 44.4. The summed E-state index contributed by atoms with van der Waals surface area (Å²) in [4.78, 5) is 0. The van der Waals surface area contributed by atoms with E-state index in [0.717, 1.165) is 0 Å². The van der Waals surface area contributed by atoms with Crippen LogP contribution in [-0.4, -0.2) is 34.1 Å². The van der Waals surface area contributed by atoms with Gasteiger partial charge in [0.1, 0.15) is 0 Å². The van der Waals surface area contributed by atoms with Crippen molar-refractivity contribution in [3.8, 4) is 0 Å². The molecule has 1 unspecified atom stereocenters. The van der Waals surface area contributed by atoms with Crippen LogP contribution in [0.3, 0.4) is 0 Å². The van der Waals surface area contributed by atoms with Crippen LogP contribution in [0.2, 0.25) is 0 Å². The van der Waals surface area contributed by atoms with Gasteiger partial charge < -0.3 is 0 Å². The van der Waals surface area contributed by atoms with Crippen LogP contribution in [-0.2, 0) is 18.9 Å². The van der Waals surface area contributed by atoms with Gasteiger partial charge in [0.15, 0.2) is 9.84 Å². The minimum atomic E-state index is -3.62. The molecule has 0 aromatic rings. The maximum atomic E-state index is 11.3. The van der Waals surface area contributed by atoms with Crippen molar-refractivity contribution >= 4 is 29.6 Å². The van der Waals surface area contributed by atoms with E-state index in [1.54, 1.807) is 6.92 Å². The molecule has 84 valence electrons. The molecule has 1 fully saturated rings. The van der Waals surface area contributed by atoms with E-state index in [-0.39, 0.29) is 17.3 Å². The zero-order valence-corrected chi connectivity index (χ0v) is 10.3. The van der Waals surface area contributed by atoms with Crippen LogP contribution in [0.15, 0.2) is 0 Å². The summed E-state index contributed by atoms with van der Waals surface area (Å²) in [7, 11) is -1.58. The Balaban J connectivity index is 2.85. The zero-order valence-electron chi connectivity index (χ0n) is 7.86. The van der Waals surface area contributed by atoms with Crippen molar-refractivity contribution in [2.75, 3.05) is 17.3 Å². The molecule has 0 aromatic carbocycles. The Kier molecular flexibility index (Phi) is 3.19. The SMILES string of the molecule is CC1(CS(=O)(=O)Cl)CCCS(=O)(=O)C1. The molecule has 0 saturated carbocycles. The van der Waals surface area contributed by atoms with E-state index < -0.39 is 24.3 Å². The molecule has 4 nitrogen and oxygen atoms in total. The number of hydrogen-bond donors (Lipinski definition) is 0. The number of hydrogen-bond acceptors (Lipinski definition) is 4. The lowest BCUT2D eigenvalue weighted by Gasteiger charge is -2.31. The molecule has 0 bridgehead atoms. The van der Waals surface area contributed by atoms with E-state index in [0.29, 0.717) is 12.8 Å². The predicted molar refractivity (Wildman–Crippen MR) is 55.6 cm³/mol. The molecule has 0 aliphatic carbocycles. The van der Waals surface area contributed by atoms with Gasteiger partial charge in [-0.15, -0.1) is 0 Å². The van der Waals surface area contributed by atoms with Crippen molar-refractivity contribution in [2.45, 2.75) is 19.8 Å². The number of sulfone groups is 1. The molecule has 1 rings (SSSR count). The van der Waals surface area contributed by atoms with Crippen molar-refractivity contribution < 1.29 is 16.8 Å². The van der Waals surface area contributed by atoms with Crippen LogP contribution < -0.4 is 0 Å². The topological polar surface area (TPSA) is 68.3 Å². The molecular weight excluding hydrogens is 248 g/mol. The highest BCUT2D eigenvalue weighted by atomic mass is 35.7. The van der Waals surface area contributed by atoms with Crippen molar-refractivity contribution in [3.05, 3.63) is 0 Å². The summed E-state index contributed by atoms with van der Waals surface area (Å²) in [6.07, 6.45) is 1.11. The Morgan fingerprint density at radius 2 is 2.00 bits per heavy atom. The van der Waals surface area contributed by atoms with Crippen LogP contribution in [0.25, 0.3) is 0 Å². The lowest BCUT2D eigenvalue weighted by molar-refractivity contribution is 0.361. The highest BCUT2D eigenvalue weighted by Crippen LogP contribution is 2.33. The van der Waals surface area contributed by atoms with Crippen molar-refractivity contribution in [1.82, 2.24) is 0 Å². The standard InChI is InChI=1S/C7H13ClO4S2/c1-7(6-14(8,11)12)3-2-4-13(9,10)5-7/h2-6H2,1H3. The quantitative estimate of drug-likeness (QED) is 0.688. The highest BCUT2D eigenvalue weighted by molar-refractivity contribution is 8.13. The van der Waals surface area contributed by atoms with Gasteiger partial charge in [-0.05, 0) is 18.3 Å². The molecule has 0 N–H and O–H groups in total. The third kappa shape index (κ3) is 3.74. The van der Waals surface area contributed by atoms with E-state index in [4.69, 9.17) is 10.7 Å². The first-order chi connectivity index (χ1) is 6.12. The van der Waals surface area contributed by atoms with E-state index in [2.05, 4.69) is 0 Å². The van der Waals surface area contributed by atoms with Crippen LogP contribution in [0.1, 0.15) is 19.8 Å². The van der Waals surface area contributed by atoms with Gasteiger partial charge in [0.05, 0.1) is 17.3 Å². The summed E-state index contributed by atoms with van der Waals surface area (Å²) in [5, 5.41) is 0. The Labute approximate surface area is 89.0 Å². The molecule has 1 aliphatic rings. The van der Waals surface area contributed by atoms with Gasteiger partial charge in [-0.1, -0.05) is 6.92 Å². The second-order valence-corrected chi connectivity index (χ2v) is 9.15. The van der Waals surface area contributed by atoms with Crippen molar-refractivity contribution in [2.24, 2.45) is 5.41 Å². The lowest BCUT2D eigenvalue weighted by Crippen LogP contribution is -2.38. The summed E-state index contributed by atoms with van der Waals surface area (Å²) in [5.41, 5.74) is -0.711. The van der Waals surface area contributed by atoms with Crippen molar-refractivity contribution in [3.63, 3.8) is 0 Å². The van der Waals surface area contributed by atoms with Crippen LogP contribution in [0.4, 0.5) is 0 Å². The Morgan fingerprint density at radius 3 is 2.43 bits per heavy atom. The van der Waals surface area contributed by atoms with Gasteiger partial charge in [0.2, 0.25) is 9.05 Å². The summed E-state index contributed by atoms with van der Waals surface area (Å²) in [6.45, 7) is 1.66. The fourth-order valence-electron chi connectivity index (χ4n) is 1.92. The van der Waals surface area contributed by atoms with E-state index >= 15 is 0 Å². The normalized spacial score (nSPS) is 32.7. The monoisotopic (exact) mass is 260 g/mol. The molecule has 0 radical (unpaired) electrons. The Hall–Kier alpha value is 0.190. The smallest absolute Gasteiger partial charge is 0.229 e. The first-order valence-corrected chi connectivity index (χ1v) is 8.55. The molecule has 1 saturated heterocycles. The number of rotatable bonds is 2. The molecule has 1 atom stereocenters. The van der Waals surface area contributed by atoms with Crippen LogP contribution >= 0.6 is 10.7 Å². The maximum Gasteiger partial charge on any atom is 0.233 e. The van der Waals surface area contributed by atoms with Crippen LogP contribution in [0, 0.1) is 5.41 Å². The van der Waals surface area contributed by atoms with Crippen LogP contribution in [0.5, 0.6) is 0 Å². The average molecular weight is 261 g/mol. The zero-order chi connectivity index (χ0) is 11.0. The second-order valence-electron chi connectivity index (χ2n) is 4.19. The average Bonchev–Trinajstić information content (AvgIpc) is 1.75. The fourth-order valence-corrected chi connectivity index (χ4v) is 5.96.